The summed E-state index contributed by atoms with van der Waals surface area (Å²) < 4.78 is 0. The minimum atomic E-state index is -0.330. The minimum absolute atomic E-state index is 0.0379. The van der Waals surface area contributed by atoms with E-state index in [0.717, 1.165) is 42.8 Å². The summed E-state index contributed by atoms with van der Waals surface area (Å²) >= 11 is 6.07. The van der Waals surface area contributed by atoms with Crippen LogP contribution in [-0.2, 0) is 11.3 Å². The number of anilines is 3. The fraction of sp³-hybridized carbons (Fsp3) is 0.435. The van der Waals surface area contributed by atoms with Crippen LogP contribution in [0.5, 0.6) is 0 Å². The second-order valence-corrected chi connectivity index (χ2v) is 8.61. The Kier molecular flexibility index (Phi) is 6.43. The van der Waals surface area contributed by atoms with Gasteiger partial charge in [0.05, 0.1) is 29.7 Å². The number of carbonyl (C=O) groups is 2. The molecule has 0 unspecified atom stereocenters. The number of nitrogens with zero attached hydrogens (tertiary/aromatic N) is 3. The lowest BCUT2D eigenvalue weighted by molar-refractivity contribution is -0.117. The number of likely N-dealkylation sites (N-methyl/N-ethyl adjacent to an activating group) is 1. The number of amides is 3. The van der Waals surface area contributed by atoms with Crippen molar-refractivity contribution in [2.24, 2.45) is 0 Å². The summed E-state index contributed by atoms with van der Waals surface area (Å²) in [5.41, 5.74) is 2.26. The van der Waals surface area contributed by atoms with E-state index in [0.29, 0.717) is 17.4 Å². The zero-order valence-corrected chi connectivity index (χ0v) is 18.7. The van der Waals surface area contributed by atoms with Crippen LogP contribution in [0, 0.1) is 0 Å². The average molecular weight is 442 g/mol. The zero-order chi connectivity index (χ0) is 22.0. The van der Waals surface area contributed by atoms with E-state index in [1.54, 1.807) is 37.1 Å². The van der Waals surface area contributed by atoms with Gasteiger partial charge in [-0.2, -0.15) is 0 Å². The third kappa shape index (κ3) is 4.52. The van der Waals surface area contributed by atoms with Gasteiger partial charge < -0.3 is 15.5 Å². The van der Waals surface area contributed by atoms with E-state index in [4.69, 9.17) is 16.6 Å². The van der Waals surface area contributed by atoms with Gasteiger partial charge in [-0.15, -0.1) is 0 Å². The molecule has 1 atom stereocenters. The number of hydrogen-bond donors (Lipinski definition) is 2. The average Bonchev–Trinajstić information content (AvgIpc) is 2.79. The fourth-order valence-corrected chi connectivity index (χ4v) is 4.35. The lowest BCUT2D eigenvalue weighted by atomic mass is 9.93. The lowest BCUT2D eigenvalue weighted by Gasteiger charge is -2.42. The van der Waals surface area contributed by atoms with Crippen molar-refractivity contribution in [2.45, 2.75) is 57.7 Å². The Balaban J connectivity index is 1.70. The molecule has 0 radical (unpaired) electrons. The van der Waals surface area contributed by atoms with Crippen molar-refractivity contribution in [3.05, 3.63) is 47.1 Å². The van der Waals surface area contributed by atoms with Crippen molar-refractivity contribution in [2.75, 3.05) is 17.3 Å². The van der Waals surface area contributed by atoms with Gasteiger partial charge in [-0.3, -0.25) is 9.69 Å². The van der Waals surface area contributed by atoms with Gasteiger partial charge in [-0.05, 0) is 63.2 Å². The molecule has 2 aliphatic rings. The highest BCUT2D eigenvalue weighted by molar-refractivity contribution is 6.30. The van der Waals surface area contributed by atoms with E-state index in [1.807, 2.05) is 23.1 Å². The smallest absolute Gasteiger partial charge is 0.315 e. The van der Waals surface area contributed by atoms with Gasteiger partial charge in [0.2, 0.25) is 5.91 Å². The molecule has 4 rings (SSSR count). The Bertz CT molecular complexity index is 959. The van der Waals surface area contributed by atoms with E-state index >= 15 is 0 Å². The van der Waals surface area contributed by atoms with Crippen molar-refractivity contribution in [1.82, 2.24) is 15.2 Å². The molecule has 164 valence electrons. The molecule has 2 heterocycles. The SMILES string of the molecule is CN[C@@H](C)C(=O)Nc1ccc2c(n1)CN(C1CCCCC1)C(=O)N2c1ccc(Cl)cc1. The number of halogens is 1. The quantitative estimate of drug-likeness (QED) is 0.705. The number of hydrogen-bond acceptors (Lipinski definition) is 4. The Morgan fingerprint density at radius 1 is 1.13 bits per heavy atom. The van der Waals surface area contributed by atoms with Gasteiger partial charge in [0.1, 0.15) is 5.82 Å². The molecule has 3 amide bonds. The Hall–Kier alpha value is -2.64. The molecule has 1 saturated carbocycles. The van der Waals surface area contributed by atoms with Crippen LogP contribution in [0.3, 0.4) is 0 Å². The maximum atomic E-state index is 13.6. The summed E-state index contributed by atoms with van der Waals surface area (Å²) in [5, 5.41) is 6.40. The number of aromatic nitrogens is 1. The number of carbonyl (C=O) groups excluding carboxylic acids is 2. The van der Waals surface area contributed by atoms with E-state index < -0.39 is 0 Å². The van der Waals surface area contributed by atoms with Crippen LogP contribution in [0.25, 0.3) is 0 Å². The van der Waals surface area contributed by atoms with Gasteiger partial charge in [0.15, 0.2) is 0 Å². The number of pyridine rings is 1. The van der Waals surface area contributed by atoms with E-state index in [1.165, 1.54) is 6.42 Å². The molecule has 1 aromatic carbocycles. The summed E-state index contributed by atoms with van der Waals surface area (Å²) in [5.74, 6) is 0.334. The van der Waals surface area contributed by atoms with Crippen LogP contribution in [-0.4, -0.2) is 41.0 Å². The van der Waals surface area contributed by atoms with Crippen LogP contribution in [0.1, 0.15) is 44.7 Å². The maximum absolute atomic E-state index is 13.6. The van der Waals surface area contributed by atoms with Crippen LogP contribution < -0.4 is 15.5 Å². The van der Waals surface area contributed by atoms with Crippen LogP contribution in [0.4, 0.5) is 22.0 Å². The van der Waals surface area contributed by atoms with Crippen LogP contribution in [0.15, 0.2) is 36.4 Å². The van der Waals surface area contributed by atoms with E-state index in [9.17, 15) is 9.59 Å². The predicted octanol–water partition coefficient (Wildman–Crippen LogP) is 4.69. The minimum Gasteiger partial charge on any atom is -0.315 e. The van der Waals surface area contributed by atoms with Gasteiger partial charge in [-0.25, -0.2) is 9.78 Å². The molecule has 0 spiro atoms. The fourth-order valence-electron chi connectivity index (χ4n) is 4.23. The van der Waals surface area contributed by atoms with Crippen molar-refractivity contribution in [3.8, 4) is 0 Å². The van der Waals surface area contributed by atoms with Crippen molar-refractivity contribution < 1.29 is 9.59 Å². The summed E-state index contributed by atoms with van der Waals surface area (Å²) in [4.78, 5) is 34.2. The number of fused-ring (bicyclic) bond motifs is 1. The molecular weight excluding hydrogens is 414 g/mol. The molecular formula is C23H28ClN5O2. The summed E-state index contributed by atoms with van der Waals surface area (Å²) in [6.45, 7) is 2.23. The second kappa shape index (κ2) is 9.24. The van der Waals surface area contributed by atoms with Crippen LogP contribution >= 0.6 is 11.6 Å². The normalized spacial score (nSPS) is 18.0. The first-order valence-electron chi connectivity index (χ1n) is 10.8. The summed E-state index contributed by atoms with van der Waals surface area (Å²) in [6, 6.07) is 10.7. The first-order valence-corrected chi connectivity index (χ1v) is 11.2. The third-order valence-corrected chi connectivity index (χ3v) is 6.38. The largest absolute Gasteiger partial charge is 0.329 e. The first kappa shape index (κ1) is 21.6. The number of benzene rings is 1. The molecule has 31 heavy (non-hydrogen) atoms. The van der Waals surface area contributed by atoms with Crippen LogP contribution in [0.2, 0.25) is 5.02 Å². The van der Waals surface area contributed by atoms with Gasteiger partial charge in [-0.1, -0.05) is 30.9 Å². The number of urea groups is 1. The number of nitrogens with one attached hydrogen (secondary N) is 2. The monoisotopic (exact) mass is 441 g/mol. The molecule has 1 aromatic heterocycles. The second-order valence-electron chi connectivity index (χ2n) is 8.18. The molecule has 0 bridgehead atoms. The molecule has 1 aliphatic heterocycles. The highest BCUT2D eigenvalue weighted by Crippen LogP contribution is 2.38. The standard InChI is InChI=1S/C23H28ClN5O2/c1-15(25-2)22(30)27-21-13-12-20-19(26-21)14-28(17-6-4-3-5-7-17)23(31)29(20)18-10-8-16(24)9-11-18/h8-13,15,17,25H,3-7,14H2,1-2H3,(H,26,27,30)/t15-/m0/s1. The third-order valence-electron chi connectivity index (χ3n) is 6.13. The molecule has 2 aromatic rings. The molecule has 7 nitrogen and oxygen atoms in total. The topological polar surface area (TPSA) is 77.6 Å². The highest BCUT2D eigenvalue weighted by atomic mass is 35.5. The highest BCUT2D eigenvalue weighted by Gasteiger charge is 2.36. The molecule has 1 fully saturated rings. The molecule has 1 aliphatic carbocycles. The van der Waals surface area contributed by atoms with E-state index in [-0.39, 0.29) is 24.0 Å². The molecule has 0 saturated heterocycles. The maximum Gasteiger partial charge on any atom is 0.329 e. The zero-order valence-electron chi connectivity index (χ0n) is 17.9. The summed E-state index contributed by atoms with van der Waals surface area (Å²) in [7, 11) is 1.74. The van der Waals surface area contributed by atoms with Crippen molar-refractivity contribution >= 4 is 40.7 Å². The van der Waals surface area contributed by atoms with Gasteiger partial charge in [0.25, 0.3) is 0 Å². The first-order chi connectivity index (χ1) is 15.0. The number of rotatable bonds is 5. The summed E-state index contributed by atoms with van der Waals surface area (Å²) in [6.07, 6.45) is 5.49. The molecule has 8 heteroatoms. The lowest BCUT2D eigenvalue weighted by Crippen LogP contribution is -2.50. The predicted molar refractivity (Wildman–Crippen MR) is 123 cm³/mol. The Morgan fingerprint density at radius 3 is 2.52 bits per heavy atom. The van der Waals surface area contributed by atoms with Crippen molar-refractivity contribution in [1.29, 1.82) is 0 Å². The van der Waals surface area contributed by atoms with E-state index in [2.05, 4.69) is 10.6 Å². The van der Waals surface area contributed by atoms with Gasteiger partial charge >= 0.3 is 6.03 Å². The van der Waals surface area contributed by atoms with Crippen molar-refractivity contribution in [3.63, 3.8) is 0 Å². The molecule has 2 N–H and O–H groups in total. The van der Waals surface area contributed by atoms with Gasteiger partial charge in [0, 0.05) is 11.1 Å². The Morgan fingerprint density at radius 2 is 1.84 bits per heavy atom. The Labute approximate surface area is 187 Å².